The first kappa shape index (κ1) is 33.1. The van der Waals surface area contributed by atoms with Crippen molar-refractivity contribution >= 4 is 17.4 Å². The van der Waals surface area contributed by atoms with Gasteiger partial charge in [-0.05, 0) is 73.4 Å². The van der Waals surface area contributed by atoms with Crippen LogP contribution in [0.5, 0.6) is 11.5 Å². The van der Waals surface area contributed by atoms with E-state index in [2.05, 4.69) is 35.4 Å². The molecule has 0 bridgehead atoms. The van der Waals surface area contributed by atoms with Crippen LogP contribution in [-0.2, 0) is 24.1 Å². The van der Waals surface area contributed by atoms with Crippen LogP contribution in [0.15, 0.2) is 41.4 Å². The number of nitrogens with zero attached hydrogens (tertiary/aromatic N) is 1. The van der Waals surface area contributed by atoms with E-state index in [9.17, 15) is 9.90 Å². The number of aliphatic imine (C=N–C) groups is 1. The number of hydrogen-bond acceptors (Lipinski definition) is 5. The Morgan fingerprint density at radius 3 is 2.40 bits per heavy atom. The van der Waals surface area contributed by atoms with Gasteiger partial charge in [0.2, 0.25) is 0 Å². The average Bonchev–Trinajstić information content (AvgIpc) is 2.96. The Hall–Kier alpha value is -3.06. The van der Waals surface area contributed by atoms with E-state index in [4.69, 9.17) is 15.2 Å². The highest BCUT2D eigenvalue weighted by atomic mass is 16.5. The standard InChI is InChI=1S/C33H51N3O4/c1-5-6-10-17-29-26(15-13-18-30(29)36-33(34)35-2)14-11-8-7-9-12-16-27(37)24-28(38)21-19-25-20-22-31(39-3)32(23-25)40-4/h13,15,18,20,22-23,27,37H,5-12,14,16-17,19,21,24H2,1-4H3,(H3,34,35,36). The third-order valence-corrected chi connectivity index (χ3v) is 7.39. The number of benzene rings is 2. The monoisotopic (exact) mass is 553 g/mol. The molecule has 7 nitrogen and oxygen atoms in total. The lowest BCUT2D eigenvalue weighted by Crippen LogP contribution is -2.23. The summed E-state index contributed by atoms with van der Waals surface area (Å²) < 4.78 is 10.6. The highest BCUT2D eigenvalue weighted by molar-refractivity contribution is 5.93. The zero-order valence-electron chi connectivity index (χ0n) is 25.1. The zero-order chi connectivity index (χ0) is 29.2. The highest BCUT2D eigenvalue weighted by Crippen LogP contribution is 2.28. The SMILES string of the molecule is CCCCCc1c(CCCCCCCC(O)CC(=O)CCc2ccc(OC)c(OC)c2)cccc1NC(N)=NC. The van der Waals surface area contributed by atoms with E-state index < -0.39 is 6.10 Å². The summed E-state index contributed by atoms with van der Waals surface area (Å²) in [5, 5.41) is 13.6. The molecule has 4 N–H and O–H groups in total. The molecule has 0 radical (unpaired) electrons. The number of nitrogens with two attached hydrogens (primary N) is 1. The van der Waals surface area contributed by atoms with Gasteiger partial charge >= 0.3 is 0 Å². The number of aliphatic hydroxyl groups excluding tert-OH is 1. The summed E-state index contributed by atoms with van der Waals surface area (Å²) in [6, 6.07) is 12.1. The largest absolute Gasteiger partial charge is 0.493 e. The van der Waals surface area contributed by atoms with Gasteiger partial charge in [0.1, 0.15) is 5.78 Å². The van der Waals surface area contributed by atoms with E-state index >= 15 is 0 Å². The van der Waals surface area contributed by atoms with Crippen molar-refractivity contribution < 1.29 is 19.4 Å². The fourth-order valence-electron chi connectivity index (χ4n) is 5.04. The molecule has 0 heterocycles. The lowest BCUT2D eigenvalue weighted by Gasteiger charge is -2.16. The van der Waals surface area contributed by atoms with Gasteiger partial charge in [0, 0.05) is 25.6 Å². The normalized spacial score (nSPS) is 12.3. The summed E-state index contributed by atoms with van der Waals surface area (Å²) >= 11 is 0. The van der Waals surface area contributed by atoms with Crippen LogP contribution >= 0.6 is 0 Å². The first-order chi connectivity index (χ1) is 19.4. The molecule has 0 saturated carbocycles. The topological polar surface area (TPSA) is 106 Å². The molecule has 0 aliphatic heterocycles. The van der Waals surface area contributed by atoms with E-state index in [0.29, 0.717) is 36.7 Å². The van der Waals surface area contributed by atoms with Gasteiger partial charge in [0.25, 0.3) is 0 Å². The number of anilines is 1. The van der Waals surface area contributed by atoms with Crippen molar-refractivity contribution in [3.63, 3.8) is 0 Å². The molecule has 0 fully saturated rings. The average molecular weight is 554 g/mol. The highest BCUT2D eigenvalue weighted by Gasteiger charge is 2.13. The summed E-state index contributed by atoms with van der Waals surface area (Å²) in [5.74, 6) is 1.88. The van der Waals surface area contributed by atoms with Gasteiger partial charge in [-0.25, -0.2) is 0 Å². The molecule has 0 amide bonds. The van der Waals surface area contributed by atoms with Crippen molar-refractivity contribution in [3.05, 3.63) is 53.1 Å². The van der Waals surface area contributed by atoms with E-state index in [1.54, 1.807) is 21.3 Å². The minimum atomic E-state index is -0.557. The van der Waals surface area contributed by atoms with Crippen molar-refractivity contribution in [1.29, 1.82) is 0 Å². The molecule has 0 aromatic heterocycles. The molecule has 40 heavy (non-hydrogen) atoms. The quantitative estimate of drug-likeness (QED) is 0.0965. The Morgan fingerprint density at radius 1 is 0.950 bits per heavy atom. The van der Waals surface area contributed by atoms with Crippen molar-refractivity contribution in [2.75, 3.05) is 26.6 Å². The van der Waals surface area contributed by atoms with E-state index in [0.717, 1.165) is 56.2 Å². The number of nitrogens with one attached hydrogen (secondary N) is 1. The third kappa shape index (κ3) is 12.0. The van der Waals surface area contributed by atoms with E-state index in [-0.39, 0.29) is 12.2 Å². The van der Waals surface area contributed by atoms with Crippen LogP contribution in [0.3, 0.4) is 0 Å². The third-order valence-electron chi connectivity index (χ3n) is 7.39. The molecule has 7 heteroatoms. The van der Waals surface area contributed by atoms with Gasteiger partial charge in [-0.1, -0.05) is 63.6 Å². The number of rotatable bonds is 20. The summed E-state index contributed by atoms with van der Waals surface area (Å²) in [6.45, 7) is 2.23. The van der Waals surface area contributed by atoms with Crippen molar-refractivity contribution in [2.24, 2.45) is 10.7 Å². The first-order valence-electron chi connectivity index (χ1n) is 14.9. The second-order valence-corrected chi connectivity index (χ2v) is 10.5. The maximum absolute atomic E-state index is 12.4. The number of carbonyl (C=O) groups is 1. The summed E-state index contributed by atoms with van der Waals surface area (Å²) in [4.78, 5) is 16.4. The van der Waals surface area contributed by atoms with Crippen LogP contribution < -0.4 is 20.5 Å². The van der Waals surface area contributed by atoms with Crippen molar-refractivity contribution in [3.8, 4) is 11.5 Å². The molecule has 1 unspecified atom stereocenters. The van der Waals surface area contributed by atoms with Crippen LogP contribution in [-0.4, -0.2) is 44.2 Å². The van der Waals surface area contributed by atoms with Crippen molar-refractivity contribution in [1.82, 2.24) is 0 Å². The number of hydrogen-bond donors (Lipinski definition) is 3. The van der Waals surface area contributed by atoms with Gasteiger partial charge < -0.3 is 25.6 Å². The molecule has 0 saturated heterocycles. The molecular formula is C33H51N3O4. The first-order valence-corrected chi connectivity index (χ1v) is 14.9. The number of unbranched alkanes of at least 4 members (excludes halogenated alkanes) is 6. The Bertz CT molecular complexity index is 1050. The summed E-state index contributed by atoms with van der Waals surface area (Å²) in [6.07, 6.45) is 12.5. The Morgan fingerprint density at radius 2 is 1.68 bits per heavy atom. The minimum Gasteiger partial charge on any atom is -0.493 e. The second kappa shape index (κ2) is 19.1. The second-order valence-electron chi connectivity index (χ2n) is 10.5. The number of methoxy groups -OCH3 is 2. The molecule has 2 aromatic rings. The number of aliphatic hydroxyl groups is 1. The van der Waals surface area contributed by atoms with Crippen LogP contribution in [0.1, 0.15) is 94.2 Å². The molecule has 2 aromatic carbocycles. The summed E-state index contributed by atoms with van der Waals surface area (Å²) in [5.41, 5.74) is 10.8. The van der Waals surface area contributed by atoms with Gasteiger partial charge in [-0.2, -0.15) is 0 Å². The maximum Gasteiger partial charge on any atom is 0.192 e. The lowest BCUT2D eigenvalue weighted by atomic mass is 9.95. The fraction of sp³-hybridized carbons (Fsp3) is 0.576. The molecular weight excluding hydrogens is 502 g/mol. The number of ether oxygens (including phenoxy) is 2. The van der Waals surface area contributed by atoms with Crippen LogP contribution in [0.4, 0.5) is 5.69 Å². The predicted molar refractivity (Wildman–Crippen MR) is 166 cm³/mol. The number of aryl methyl sites for hydroxylation is 2. The predicted octanol–water partition coefficient (Wildman–Crippen LogP) is 6.63. The number of guanidine groups is 1. The summed E-state index contributed by atoms with van der Waals surface area (Å²) in [7, 11) is 4.90. The Balaban J connectivity index is 1.67. The van der Waals surface area contributed by atoms with Gasteiger partial charge in [-0.15, -0.1) is 0 Å². The smallest absolute Gasteiger partial charge is 0.192 e. The molecule has 0 aliphatic rings. The molecule has 222 valence electrons. The van der Waals surface area contributed by atoms with Gasteiger partial charge in [-0.3, -0.25) is 9.79 Å². The van der Waals surface area contributed by atoms with Gasteiger partial charge in [0.15, 0.2) is 17.5 Å². The number of Topliss-reactive ketones (excluding diaryl/α,β-unsaturated/α-hetero) is 1. The van der Waals surface area contributed by atoms with Crippen LogP contribution in [0.2, 0.25) is 0 Å². The number of ketones is 1. The Kier molecular flexibility index (Phi) is 15.8. The fourth-order valence-corrected chi connectivity index (χ4v) is 5.04. The molecule has 2 rings (SSSR count). The Labute approximate surface area is 241 Å². The van der Waals surface area contributed by atoms with E-state index in [1.807, 2.05) is 18.2 Å². The van der Waals surface area contributed by atoms with Crippen molar-refractivity contribution in [2.45, 2.75) is 103 Å². The van der Waals surface area contributed by atoms with Crippen LogP contribution in [0, 0.1) is 0 Å². The maximum atomic E-state index is 12.4. The zero-order valence-corrected chi connectivity index (χ0v) is 25.1. The molecule has 1 atom stereocenters. The van der Waals surface area contributed by atoms with Gasteiger partial charge in [0.05, 0.1) is 20.3 Å². The minimum absolute atomic E-state index is 0.0979. The number of carbonyl (C=O) groups excluding carboxylic acids is 1. The lowest BCUT2D eigenvalue weighted by molar-refractivity contribution is -0.121. The molecule has 0 spiro atoms. The van der Waals surface area contributed by atoms with Crippen LogP contribution in [0.25, 0.3) is 0 Å². The van der Waals surface area contributed by atoms with E-state index in [1.165, 1.54) is 30.4 Å². The molecule has 0 aliphatic carbocycles.